The molecule has 1 unspecified atom stereocenters. The molecule has 0 N–H and O–H groups in total. The van der Waals surface area contributed by atoms with Crippen LogP contribution in [0.5, 0.6) is 0 Å². The van der Waals surface area contributed by atoms with Crippen LogP contribution in [-0.4, -0.2) is 26.9 Å². The van der Waals surface area contributed by atoms with E-state index in [1.165, 1.54) is 0 Å². The third-order valence-electron chi connectivity index (χ3n) is 1.29. The summed E-state index contributed by atoms with van der Waals surface area (Å²) in [6, 6.07) is 0. The summed E-state index contributed by atoms with van der Waals surface area (Å²) in [6.45, 7) is 5.08. The van der Waals surface area contributed by atoms with Gasteiger partial charge >= 0.3 is 15.6 Å². The highest BCUT2D eigenvalue weighted by Crippen LogP contribution is 2.65. The second kappa shape index (κ2) is 7.56. The van der Waals surface area contributed by atoms with Crippen molar-refractivity contribution in [3.8, 4) is 0 Å². The quantitative estimate of drug-likeness (QED) is 0.599. The Morgan fingerprint density at radius 3 is 1.50 bits per heavy atom. The minimum absolute atomic E-state index is 0.0867. The molecule has 0 saturated carbocycles. The van der Waals surface area contributed by atoms with Crippen LogP contribution in [-0.2, 0) is 31.5 Å². The van der Waals surface area contributed by atoms with Gasteiger partial charge in [0.05, 0.1) is 19.8 Å². The second-order valence-electron chi connectivity index (χ2n) is 2.41. The van der Waals surface area contributed by atoms with E-state index in [-0.39, 0.29) is 19.8 Å². The molecule has 0 amide bonds. The predicted molar refractivity (Wildman–Crippen MR) is 58.2 cm³/mol. The number of phosphoric acid groups is 2. The maximum absolute atomic E-state index is 11.9. The molecular weight excluding hydrogens is 258 g/mol. The van der Waals surface area contributed by atoms with E-state index in [0.29, 0.717) is 0 Å². The smallest absolute Gasteiger partial charge is 0.290 e. The van der Waals surface area contributed by atoms with Crippen LogP contribution >= 0.6 is 15.6 Å². The summed E-state index contributed by atoms with van der Waals surface area (Å²) in [5, 5.41) is 0. The van der Waals surface area contributed by atoms with Crippen LogP contribution in [0.2, 0.25) is 0 Å². The maximum atomic E-state index is 11.9. The Balaban J connectivity index is 4.71. The Kier molecular flexibility index (Phi) is 7.68. The van der Waals surface area contributed by atoms with Crippen molar-refractivity contribution < 1.29 is 31.5 Å². The lowest BCUT2D eigenvalue weighted by molar-refractivity contribution is 0.127. The van der Waals surface area contributed by atoms with E-state index >= 15 is 0 Å². The summed E-state index contributed by atoms with van der Waals surface area (Å²) in [7, 11) is -6.67. The van der Waals surface area contributed by atoms with Crippen LogP contribution in [0.15, 0.2) is 0 Å². The molecule has 0 saturated heterocycles. The monoisotopic (exact) mass is 276 g/mol. The van der Waals surface area contributed by atoms with Gasteiger partial charge in [0.15, 0.2) is 0 Å². The molecule has 0 aliphatic heterocycles. The molecule has 0 bridgehead atoms. The molecule has 0 aliphatic carbocycles. The fourth-order valence-corrected chi connectivity index (χ4v) is 3.73. The standard InChI is InChI=1S/C7H18O7P2/c1-5-11-15(8,10-4)14-16(9,12-6-2)13-7-3/h5-7H2,1-4H3. The zero-order valence-electron chi connectivity index (χ0n) is 9.87. The Labute approximate surface area is 95.6 Å². The van der Waals surface area contributed by atoms with Gasteiger partial charge in [-0.15, -0.1) is 0 Å². The van der Waals surface area contributed by atoms with Crippen LogP contribution < -0.4 is 0 Å². The molecule has 7 nitrogen and oxygen atoms in total. The SMILES string of the molecule is CCOP(=O)(OC)OP(=O)(OCC)OCC. The summed E-state index contributed by atoms with van der Waals surface area (Å²) in [5.41, 5.74) is 0. The van der Waals surface area contributed by atoms with Crippen molar-refractivity contribution >= 4 is 15.6 Å². The van der Waals surface area contributed by atoms with Crippen molar-refractivity contribution in [2.45, 2.75) is 20.8 Å². The number of hydrogen-bond donors (Lipinski definition) is 0. The molecule has 0 aromatic rings. The fourth-order valence-electron chi connectivity index (χ4n) is 0.791. The molecule has 98 valence electrons. The predicted octanol–water partition coefficient (Wildman–Crippen LogP) is 2.98. The van der Waals surface area contributed by atoms with E-state index in [4.69, 9.17) is 17.9 Å². The number of rotatable bonds is 9. The van der Waals surface area contributed by atoms with Crippen LogP contribution in [0, 0.1) is 0 Å². The molecule has 0 aromatic heterocycles. The highest BCUT2D eigenvalue weighted by atomic mass is 31.3. The van der Waals surface area contributed by atoms with E-state index < -0.39 is 15.6 Å². The number of phosphoric ester groups is 2. The zero-order chi connectivity index (χ0) is 12.7. The van der Waals surface area contributed by atoms with Gasteiger partial charge in [-0.3, -0.25) is 18.1 Å². The maximum Gasteiger partial charge on any atom is 0.483 e. The van der Waals surface area contributed by atoms with E-state index in [1.54, 1.807) is 20.8 Å². The third-order valence-corrected chi connectivity index (χ3v) is 5.06. The first-order valence-corrected chi connectivity index (χ1v) is 7.78. The minimum atomic E-state index is -3.90. The fraction of sp³-hybridized carbons (Fsp3) is 1.00. The summed E-state index contributed by atoms with van der Waals surface area (Å²) in [6.07, 6.45) is 0. The molecule has 16 heavy (non-hydrogen) atoms. The molecular formula is C7H18O7P2. The van der Waals surface area contributed by atoms with Crippen LogP contribution in [0.4, 0.5) is 0 Å². The molecule has 0 radical (unpaired) electrons. The molecule has 0 fully saturated rings. The Hall–Kier alpha value is 0.260. The highest BCUT2D eigenvalue weighted by Gasteiger charge is 2.39. The molecule has 0 aliphatic rings. The summed E-state index contributed by atoms with van der Waals surface area (Å²) in [4.78, 5) is 0. The first-order valence-electron chi connectivity index (χ1n) is 4.86. The largest absolute Gasteiger partial charge is 0.483 e. The van der Waals surface area contributed by atoms with E-state index in [2.05, 4.69) is 4.52 Å². The van der Waals surface area contributed by atoms with Crippen LogP contribution in [0.3, 0.4) is 0 Å². The van der Waals surface area contributed by atoms with Gasteiger partial charge in [-0.25, -0.2) is 9.13 Å². The average molecular weight is 276 g/mol. The van der Waals surface area contributed by atoms with Crippen molar-refractivity contribution in [2.75, 3.05) is 26.9 Å². The zero-order valence-corrected chi connectivity index (χ0v) is 11.7. The first kappa shape index (κ1) is 16.3. The topological polar surface area (TPSA) is 80.3 Å². The lowest BCUT2D eigenvalue weighted by Gasteiger charge is -2.20. The van der Waals surface area contributed by atoms with E-state index in [0.717, 1.165) is 7.11 Å². The first-order chi connectivity index (χ1) is 7.45. The third kappa shape index (κ3) is 5.55. The van der Waals surface area contributed by atoms with Crippen LogP contribution in [0.25, 0.3) is 0 Å². The lowest BCUT2D eigenvalue weighted by Crippen LogP contribution is -2.02. The van der Waals surface area contributed by atoms with Gasteiger partial charge in [0.25, 0.3) is 0 Å². The highest BCUT2D eigenvalue weighted by molar-refractivity contribution is 7.62. The van der Waals surface area contributed by atoms with Crippen molar-refractivity contribution in [3.63, 3.8) is 0 Å². The second-order valence-corrected chi connectivity index (χ2v) is 5.99. The van der Waals surface area contributed by atoms with E-state index in [9.17, 15) is 9.13 Å². The Bertz CT molecular complexity index is 270. The summed E-state index contributed by atoms with van der Waals surface area (Å²) < 4.78 is 47.2. The van der Waals surface area contributed by atoms with Crippen LogP contribution in [0.1, 0.15) is 20.8 Å². The van der Waals surface area contributed by atoms with Crippen molar-refractivity contribution in [3.05, 3.63) is 0 Å². The van der Waals surface area contributed by atoms with Gasteiger partial charge in [-0.1, -0.05) is 0 Å². The minimum Gasteiger partial charge on any atom is -0.290 e. The van der Waals surface area contributed by atoms with Crippen molar-refractivity contribution in [1.82, 2.24) is 0 Å². The Morgan fingerprint density at radius 2 is 1.19 bits per heavy atom. The van der Waals surface area contributed by atoms with Gasteiger partial charge in [-0.2, -0.15) is 4.31 Å². The van der Waals surface area contributed by atoms with Gasteiger partial charge in [-0.05, 0) is 20.8 Å². The number of hydrogen-bond acceptors (Lipinski definition) is 7. The van der Waals surface area contributed by atoms with Gasteiger partial charge in [0, 0.05) is 7.11 Å². The van der Waals surface area contributed by atoms with E-state index in [1.807, 2.05) is 0 Å². The average Bonchev–Trinajstić information content (AvgIpc) is 2.18. The summed E-state index contributed by atoms with van der Waals surface area (Å²) >= 11 is 0. The van der Waals surface area contributed by atoms with Gasteiger partial charge in [0.1, 0.15) is 0 Å². The summed E-state index contributed by atoms with van der Waals surface area (Å²) in [5.74, 6) is 0. The van der Waals surface area contributed by atoms with Crippen molar-refractivity contribution in [1.29, 1.82) is 0 Å². The Morgan fingerprint density at radius 1 is 0.812 bits per heavy atom. The lowest BCUT2D eigenvalue weighted by atomic mass is 10.9. The van der Waals surface area contributed by atoms with Gasteiger partial charge < -0.3 is 0 Å². The normalized spacial score (nSPS) is 16.0. The van der Waals surface area contributed by atoms with Gasteiger partial charge in [0.2, 0.25) is 0 Å². The van der Waals surface area contributed by atoms with Crippen molar-refractivity contribution in [2.24, 2.45) is 0 Å². The molecule has 0 spiro atoms. The molecule has 1 atom stereocenters. The molecule has 0 rings (SSSR count). The molecule has 0 aromatic carbocycles. The molecule has 0 heterocycles. The molecule has 9 heteroatoms.